The molecule has 2 amide bonds. The third kappa shape index (κ3) is 3.53. The highest BCUT2D eigenvalue weighted by molar-refractivity contribution is 5.95. The topological polar surface area (TPSA) is 53.5 Å². The van der Waals surface area contributed by atoms with E-state index in [0.717, 1.165) is 31.5 Å². The Morgan fingerprint density at radius 3 is 2.75 bits per heavy atom. The minimum Gasteiger partial charge on any atom is -0.338 e. The van der Waals surface area contributed by atoms with Gasteiger partial charge >= 0.3 is 0 Å². The molecule has 0 radical (unpaired) electrons. The second-order valence-corrected chi connectivity index (χ2v) is 8.26. The van der Waals surface area contributed by atoms with Crippen LogP contribution in [-0.2, 0) is 11.3 Å². The van der Waals surface area contributed by atoms with Crippen LogP contribution in [0.5, 0.6) is 0 Å². The molecule has 1 aromatic heterocycles. The van der Waals surface area contributed by atoms with E-state index in [9.17, 15) is 9.59 Å². The number of aromatic nitrogens is 1. The van der Waals surface area contributed by atoms with Crippen LogP contribution < -0.4 is 0 Å². The number of benzene rings is 1. The van der Waals surface area contributed by atoms with Crippen molar-refractivity contribution in [2.75, 3.05) is 19.6 Å². The van der Waals surface area contributed by atoms with E-state index in [2.05, 4.69) is 30.1 Å². The van der Waals surface area contributed by atoms with Crippen LogP contribution in [0.2, 0.25) is 0 Å². The van der Waals surface area contributed by atoms with Gasteiger partial charge in [0, 0.05) is 38.1 Å². The van der Waals surface area contributed by atoms with Gasteiger partial charge in [-0.05, 0) is 50.8 Å². The van der Waals surface area contributed by atoms with Gasteiger partial charge in [0.2, 0.25) is 5.91 Å². The second kappa shape index (κ2) is 7.38. The van der Waals surface area contributed by atoms with Crippen LogP contribution in [0, 0.1) is 19.3 Å². The van der Waals surface area contributed by atoms with Crippen molar-refractivity contribution in [3.05, 3.63) is 65.0 Å². The minimum atomic E-state index is -0.421. The molecule has 28 heavy (non-hydrogen) atoms. The number of hydrogen-bond acceptors (Lipinski definition) is 3. The molecule has 1 atom stereocenters. The average molecular weight is 377 g/mol. The molecule has 0 N–H and O–H groups in total. The van der Waals surface area contributed by atoms with Gasteiger partial charge in [0.1, 0.15) is 0 Å². The summed E-state index contributed by atoms with van der Waals surface area (Å²) in [5.41, 5.74) is 3.45. The number of rotatable bonds is 3. The third-order valence-corrected chi connectivity index (χ3v) is 6.08. The predicted molar refractivity (Wildman–Crippen MR) is 108 cm³/mol. The van der Waals surface area contributed by atoms with Crippen molar-refractivity contribution >= 4 is 11.8 Å². The zero-order valence-electron chi connectivity index (χ0n) is 16.6. The van der Waals surface area contributed by atoms with E-state index >= 15 is 0 Å². The smallest absolute Gasteiger partial charge is 0.255 e. The van der Waals surface area contributed by atoms with E-state index in [1.54, 1.807) is 6.20 Å². The van der Waals surface area contributed by atoms with Crippen LogP contribution >= 0.6 is 0 Å². The molecule has 2 saturated heterocycles. The number of hydrogen-bond donors (Lipinski definition) is 0. The molecule has 0 saturated carbocycles. The number of likely N-dealkylation sites (tertiary alicyclic amines) is 2. The molecule has 2 aliphatic heterocycles. The molecule has 1 aromatic carbocycles. The maximum atomic E-state index is 13.4. The largest absolute Gasteiger partial charge is 0.338 e. The van der Waals surface area contributed by atoms with Gasteiger partial charge in [-0.1, -0.05) is 29.8 Å². The van der Waals surface area contributed by atoms with E-state index in [-0.39, 0.29) is 11.8 Å². The highest BCUT2D eigenvalue weighted by Crippen LogP contribution is 2.41. The Labute approximate surface area is 166 Å². The first-order chi connectivity index (χ1) is 13.5. The molecule has 5 heteroatoms. The summed E-state index contributed by atoms with van der Waals surface area (Å²) >= 11 is 0. The van der Waals surface area contributed by atoms with Crippen LogP contribution in [0.25, 0.3) is 0 Å². The van der Waals surface area contributed by atoms with E-state index in [4.69, 9.17) is 0 Å². The van der Waals surface area contributed by atoms with Gasteiger partial charge in [-0.3, -0.25) is 14.6 Å². The van der Waals surface area contributed by atoms with Crippen molar-refractivity contribution in [1.29, 1.82) is 0 Å². The highest BCUT2D eigenvalue weighted by atomic mass is 16.2. The fraction of sp³-hybridized carbons (Fsp3) is 0.435. The number of nitrogens with zero attached hydrogens (tertiary/aromatic N) is 3. The first kappa shape index (κ1) is 18.7. The zero-order valence-corrected chi connectivity index (χ0v) is 16.6. The maximum Gasteiger partial charge on any atom is 0.255 e. The van der Waals surface area contributed by atoms with E-state index < -0.39 is 5.41 Å². The lowest BCUT2D eigenvalue weighted by molar-refractivity contribution is -0.146. The fourth-order valence-corrected chi connectivity index (χ4v) is 4.54. The molecule has 0 aliphatic carbocycles. The molecule has 2 fully saturated rings. The number of piperidine rings is 1. The summed E-state index contributed by atoms with van der Waals surface area (Å²) in [7, 11) is 0. The standard InChI is InChI=1S/C23H27N3O2/c1-17-5-3-6-19(13-17)15-25-11-4-9-23(22(25)28)10-12-26(16-23)21(27)20-8-7-18(2)24-14-20/h3,5-8,13-14H,4,9-12,15-16H2,1-2H3/t23-/m0/s1. The van der Waals surface area contributed by atoms with Gasteiger partial charge in [0.05, 0.1) is 11.0 Å². The number of carbonyl (C=O) groups excluding carboxylic acids is 2. The quantitative estimate of drug-likeness (QED) is 0.824. The Morgan fingerprint density at radius 1 is 1.14 bits per heavy atom. The van der Waals surface area contributed by atoms with E-state index in [0.29, 0.717) is 25.2 Å². The van der Waals surface area contributed by atoms with E-state index in [1.165, 1.54) is 11.1 Å². The van der Waals surface area contributed by atoms with Crippen molar-refractivity contribution in [3.8, 4) is 0 Å². The first-order valence-electron chi connectivity index (χ1n) is 10.0. The molecule has 2 aromatic rings. The summed E-state index contributed by atoms with van der Waals surface area (Å²) in [5.74, 6) is 0.186. The molecule has 146 valence electrons. The van der Waals surface area contributed by atoms with Gasteiger partial charge in [0.15, 0.2) is 0 Å². The van der Waals surface area contributed by atoms with Crippen molar-refractivity contribution in [2.24, 2.45) is 5.41 Å². The Morgan fingerprint density at radius 2 is 2.00 bits per heavy atom. The van der Waals surface area contributed by atoms with Crippen LogP contribution in [0.1, 0.15) is 46.4 Å². The van der Waals surface area contributed by atoms with Crippen molar-refractivity contribution in [3.63, 3.8) is 0 Å². The third-order valence-electron chi connectivity index (χ3n) is 6.08. The summed E-state index contributed by atoms with van der Waals surface area (Å²) < 4.78 is 0. The number of amides is 2. The van der Waals surface area contributed by atoms with Gasteiger partial charge < -0.3 is 9.80 Å². The Kier molecular flexibility index (Phi) is 4.92. The van der Waals surface area contributed by atoms with Gasteiger partial charge in [-0.2, -0.15) is 0 Å². The van der Waals surface area contributed by atoms with Gasteiger partial charge in [-0.15, -0.1) is 0 Å². The normalized spacial score (nSPS) is 22.1. The van der Waals surface area contributed by atoms with Gasteiger partial charge in [-0.25, -0.2) is 0 Å². The van der Waals surface area contributed by atoms with Gasteiger partial charge in [0.25, 0.3) is 5.91 Å². The van der Waals surface area contributed by atoms with Crippen LogP contribution in [0.4, 0.5) is 0 Å². The minimum absolute atomic E-state index is 0.0204. The fourth-order valence-electron chi connectivity index (χ4n) is 4.54. The zero-order chi connectivity index (χ0) is 19.7. The maximum absolute atomic E-state index is 13.4. The molecule has 0 bridgehead atoms. The molecular formula is C23H27N3O2. The molecule has 2 aliphatic rings. The SMILES string of the molecule is Cc1cccc(CN2CCC[C@@]3(CCN(C(=O)c4ccc(C)nc4)C3)C2=O)c1. The van der Waals surface area contributed by atoms with Crippen molar-refractivity contribution < 1.29 is 9.59 Å². The second-order valence-electron chi connectivity index (χ2n) is 8.26. The lowest BCUT2D eigenvalue weighted by Crippen LogP contribution is -2.50. The Bertz CT molecular complexity index is 893. The highest BCUT2D eigenvalue weighted by Gasteiger charge is 2.49. The monoisotopic (exact) mass is 377 g/mol. The summed E-state index contributed by atoms with van der Waals surface area (Å²) in [6.45, 7) is 6.58. The lowest BCUT2D eigenvalue weighted by atomic mass is 9.78. The Hall–Kier alpha value is -2.69. The summed E-state index contributed by atoms with van der Waals surface area (Å²) in [6.07, 6.45) is 4.24. The summed E-state index contributed by atoms with van der Waals surface area (Å²) in [6, 6.07) is 12.0. The first-order valence-corrected chi connectivity index (χ1v) is 10.0. The van der Waals surface area contributed by atoms with Crippen LogP contribution in [0.3, 0.4) is 0 Å². The lowest BCUT2D eigenvalue weighted by Gasteiger charge is -2.39. The van der Waals surface area contributed by atoms with Crippen molar-refractivity contribution in [2.45, 2.75) is 39.7 Å². The van der Waals surface area contributed by atoms with Crippen LogP contribution in [-0.4, -0.2) is 46.2 Å². The number of carbonyl (C=O) groups is 2. The molecule has 1 spiro atoms. The van der Waals surface area contributed by atoms with Crippen LogP contribution in [0.15, 0.2) is 42.6 Å². The number of aryl methyl sites for hydroxylation is 2. The summed E-state index contributed by atoms with van der Waals surface area (Å²) in [4.78, 5) is 34.3. The molecule has 3 heterocycles. The Balaban J connectivity index is 1.48. The van der Waals surface area contributed by atoms with Crippen molar-refractivity contribution in [1.82, 2.24) is 14.8 Å². The molecule has 0 unspecified atom stereocenters. The molecule has 4 rings (SSSR count). The molecular weight excluding hydrogens is 350 g/mol. The predicted octanol–water partition coefficient (Wildman–Crippen LogP) is 3.35. The number of pyridine rings is 1. The summed E-state index contributed by atoms with van der Waals surface area (Å²) in [5, 5.41) is 0. The average Bonchev–Trinajstić information content (AvgIpc) is 3.11. The van der Waals surface area contributed by atoms with E-state index in [1.807, 2.05) is 34.9 Å². The molecule has 5 nitrogen and oxygen atoms in total.